The summed E-state index contributed by atoms with van der Waals surface area (Å²) in [6, 6.07) is 12.1. The van der Waals surface area contributed by atoms with Gasteiger partial charge in [-0.2, -0.15) is 0 Å². The predicted octanol–water partition coefficient (Wildman–Crippen LogP) is 2.30. The number of amides is 1. The van der Waals surface area contributed by atoms with Crippen molar-refractivity contribution in [2.75, 3.05) is 40.3 Å². The lowest BCUT2D eigenvalue weighted by Gasteiger charge is -2.35. The third-order valence-corrected chi connectivity index (χ3v) is 5.47. The third-order valence-electron chi connectivity index (χ3n) is 5.47. The fraction of sp³-hybridized carbons (Fsp3) is 0.478. The molecule has 1 aliphatic heterocycles. The number of nitrogens with zero attached hydrogens (tertiary/aromatic N) is 2. The van der Waals surface area contributed by atoms with E-state index in [4.69, 9.17) is 9.15 Å². The van der Waals surface area contributed by atoms with Crippen molar-refractivity contribution >= 4 is 11.9 Å². The van der Waals surface area contributed by atoms with Crippen molar-refractivity contribution < 1.29 is 13.9 Å². The Morgan fingerprint density at radius 2 is 1.90 bits per heavy atom. The van der Waals surface area contributed by atoms with Crippen LogP contribution in [-0.4, -0.2) is 57.1 Å². The first kappa shape index (κ1) is 22.7. The van der Waals surface area contributed by atoms with Crippen molar-refractivity contribution in [2.24, 2.45) is 4.99 Å². The molecule has 3 N–H and O–H groups in total. The normalized spacial score (nSPS) is 15.9. The first-order chi connectivity index (χ1) is 15.2. The van der Waals surface area contributed by atoms with Gasteiger partial charge in [0.2, 0.25) is 5.91 Å². The van der Waals surface area contributed by atoms with Crippen LogP contribution in [0.3, 0.4) is 0 Å². The molecule has 0 bridgehead atoms. The summed E-state index contributed by atoms with van der Waals surface area (Å²) in [5.41, 5.74) is 1.24. The molecule has 0 saturated carbocycles. The molecule has 0 spiro atoms. The van der Waals surface area contributed by atoms with E-state index in [0.717, 1.165) is 24.6 Å². The number of hydrogen-bond acceptors (Lipinski definition) is 5. The molecule has 0 aliphatic carbocycles. The molecule has 8 heteroatoms. The number of carbonyl (C=O) groups is 1. The largest absolute Gasteiger partial charge is 0.497 e. The molecule has 1 saturated heterocycles. The molecule has 0 radical (unpaired) electrons. The number of piperidine rings is 1. The van der Waals surface area contributed by atoms with E-state index in [1.807, 2.05) is 18.2 Å². The Morgan fingerprint density at radius 1 is 1.13 bits per heavy atom. The molecule has 1 unspecified atom stereocenters. The van der Waals surface area contributed by atoms with Crippen LogP contribution in [0.2, 0.25) is 0 Å². The van der Waals surface area contributed by atoms with Crippen molar-refractivity contribution in [3.05, 3.63) is 54.0 Å². The van der Waals surface area contributed by atoms with Crippen LogP contribution in [0.4, 0.5) is 0 Å². The quantitative estimate of drug-likeness (QED) is 0.420. The monoisotopic (exact) mass is 427 g/mol. The van der Waals surface area contributed by atoms with Crippen LogP contribution in [0.1, 0.15) is 36.6 Å². The van der Waals surface area contributed by atoms with Gasteiger partial charge in [-0.05, 0) is 55.8 Å². The lowest BCUT2D eigenvalue weighted by atomic mass is 10.0. The number of likely N-dealkylation sites (tertiary alicyclic amines) is 1. The minimum atomic E-state index is -0.123. The Bertz CT molecular complexity index is 814. The first-order valence-electron chi connectivity index (χ1n) is 10.8. The van der Waals surface area contributed by atoms with E-state index in [9.17, 15) is 4.79 Å². The number of hydrogen-bond donors (Lipinski definition) is 3. The first-order valence-corrected chi connectivity index (χ1v) is 10.8. The number of methoxy groups -OCH3 is 1. The SMILES string of the molecule is CN=C(NCC(=O)NCc1ccco1)NCC(c1ccc(OC)cc1)N1CCCCC1. The van der Waals surface area contributed by atoms with Gasteiger partial charge in [0.05, 0.1) is 32.5 Å². The van der Waals surface area contributed by atoms with Crippen molar-refractivity contribution in [1.29, 1.82) is 0 Å². The maximum atomic E-state index is 12.1. The number of rotatable bonds is 9. The summed E-state index contributed by atoms with van der Waals surface area (Å²) in [7, 11) is 3.39. The van der Waals surface area contributed by atoms with E-state index >= 15 is 0 Å². The summed E-state index contributed by atoms with van der Waals surface area (Å²) >= 11 is 0. The Hall–Kier alpha value is -3.00. The smallest absolute Gasteiger partial charge is 0.239 e. The van der Waals surface area contributed by atoms with Gasteiger partial charge in [0, 0.05) is 13.6 Å². The minimum Gasteiger partial charge on any atom is -0.497 e. The van der Waals surface area contributed by atoms with E-state index in [1.165, 1.54) is 24.8 Å². The summed E-state index contributed by atoms with van der Waals surface area (Å²) in [5.74, 6) is 2.05. The van der Waals surface area contributed by atoms with Gasteiger partial charge in [0.25, 0.3) is 0 Å². The molecule has 1 aliphatic rings. The van der Waals surface area contributed by atoms with Gasteiger partial charge >= 0.3 is 0 Å². The number of carbonyl (C=O) groups excluding carboxylic acids is 1. The second-order valence-corrected chi connectivity index (χ2v) is 7.55. The van der Waals surface area contributed by atoms with E-state index in [1.54, 1.807) is 26.5 Å². The number of aliphatic imine (C=N–C) groups is 1. The van der Waals surface area contributed by atoms with Crippen molar-refractivity contribution in [3.8, 4) is 5.75 Å². The van der Waals surface area contributed by atoms with E-state index in [0.29, 0.717) is 19.0 Å². The van der Waals surface area contributed by atoms with Crippen LogP contribution >= 0.6 is 0 Å². The molecular formula is C23H33N5O3. The van der Waals surface area contributed by atoms with Crippen molar-refractivity contribution in [2.45, 2.75) is 31.8 Å². The number of nitrogens with one attached hydrogen (secondary N) is 3. The second-order valence-electron chi connectivity index (χ2n) is 7.55. The van der Waals surface area contributed by atoms with Crippen LogP contribution in [0.15, 0.2) is 52.1 Å². The summed E-state index contributed by atoms with van der Waals surface area (Å²) < 4.78 is 10.5. The molecule has 2 heterocycles. The highest BCUT2D eigenvalue weighted by atomic mass is 16.5. The van der Waals surface area contributed by atoms with Gasteiger partial charge in [-0.15, -0.1) is 0 Å². The van der Waals surface area contributed by atoms with E-state index in [2.05, 4.69) is 38.0 Å². The molecule has 1 aromatic heterocycles. The Balaban J connectivity index is 1.53. The highest BCUT2D eigenvalue weighted by Crippen LogP contribution is 2.25. The summed E-state index contributed by atoms with van der Waals surface area (Å²) in [5, 5.41) is 9.29. The molecule has 31 heavy (non-hydrogen) atoms. The molecule has 1 atom stereocenters. The van der Waals surface area contributed by atoms with Gasteiger partial charge in [0.1, 0.15) is 11.5 Å². The van der Waals surface area contributed by atoms with Crippen LogP contribution in [0.5, 0.6) is 5.75 Å². The van der Waals surface area contributed by atoms with Gasteiger partial charge in [-0.25, -0.2) is 0 Å². The minimum absolute atomic E-state index is 0.123. The summed E-state index contributed by atoms with van der Waals surface area (Å²) in [4.78, 5) is 18.9. The fourth-order valence-corrected chi connectivity index (χ4v) is 3.75. The average Bonchev–Trinajstić information content (AvgIpc) is 3.34. The average molecular weight is 428 g/mol. The van der Waals surface area contributed by atoms with Gasteiger partial charge in [0.15, 0.2) is 5.96 Å². The Kier molecular flexibility index (Phi) is 8.78. The van der Waals surface area contributed by atoms with Crippen molar-refractivity contribution in [1.82, 2.24) is 20.9 Å². The zero-order valence-electron chi connectivity index (χ0n) is 18.4. The summed E-state index contributed by atoms with van der Waals surface area (Å²) in [6.45, 7) is 3.37. The molecular weight excluding hydrogens is 394 g/mol. The lowest BCUT2D eigenvalue weighted by molar-refractivity contribution is -0.120. The van der Waals surface area contributed by atoms with Crippen LogP contribution in [0, 0.1) is 0 Å². The summed E-state index contributed by atoms with van der Waals surface area (Å²) in [6.07, 6.45) is 5.31. The number of guanidine groups is 1. The topological polar surface area (TPSA) is 91.1 Å². The molecule has 8 nitrogen and oxygen atoms in total. The zero-order valence-corrected chi connectivity index (χ0v) is 18.4. The standard InChI is InChI=1S/C23H33N5O3/c1-24-23(27-17-22(29)25-15-20-7-6-14-31-20)26-16-21(28-12-4-3-5-13-28)18-8-10-19(30-2)11-9-18/h6-11,14,21H,3-5,12-13,15-17H2,1-2H3,(H,25,29)(H2,24,26,27). The van der Waals surface area contributed by atoms with Gasteiger partial charge < -0.3 is 25.1 Å². The molecule has 1 aromatic carbocycles. The highest BCUT2D eigenvalue weighted by Gasteiger charge is 2.22. The van der Waals surface area contributed by atoms with Crippen LogP contribution in [0.25, 0.3) is 0 Å². The fourth-order valence-electron chi connectivity index (χ4n) is 3.75. The molecule has 1 fully saturated rings. The number of benzene rings is 1. The Labute approximate surface area is 184 Å². The van der Waals surface area contributed by atoms with Crippen molar-refractivity contribution in [3.63, 3.8) is 0 Å². The number of ether oxygens (including phenoxy) is 1. The molecule has 2 aromatic rings. The lowest BCUT2D eigenvalue weighted by Crippen LogP contribution is -2.46. The number of furan rings is 1. The predicted molar refractivity (Wildman–Crippen MR) is 121 cm³/mol. The van der Waals surface area contributed by atoms with Gasteiger partial charge in [-0.3, -0.25) is 14.7 Å². The second kappa shape index (κ2) is 12.0. The van der Waals surface area contributed by atoms with E-state index < -0.39 is 0 Å². The molecule has 1 amide bonds. The Morgan fingerprint density at radius 3 is 2.55 bits per heavy atom. The van der Waals surface area contributed by atoms with Crippen LogP contribution in [-0.2, 0) is 11.3 Å². The maximum Gasteiger partial charge on any atom is 0.239 e. The van der Waals surface area contributed by atoms with Gasteiger partial charge in [-0.1, -0.05) is 18.6 Å². The third kappa shape index (κ3) is 7.03. The van der Waals surface area contributed by atoms with E-state index in [-0.39, 0.29) is 18.5 Å². The zero-order chi connectivity index (χ0) is 21.9. The van der Waals surface area contributed by atoms with Crippen LogP contribution < -0.4 is 20.7 Å². The highest BCUT2D eigenvalue weighted by molar-refractivity contribution is 5.86. The maximum absolute atomic E-state index is 12.1. The molecule has 168 valence electrons. The molecule has 3 rings (SSSR count).